The molecule has 3 heteroatoms. The Morgan fingerprint density at radius 3 is 2.62 bits per heavy atom. The van der Waals surface area contributed by atoms with Crippen LogP contribution >= 0.6 is 0 Å². The summed E-state index contributed by atoms with van der Waals surface area (Å²) in [6.45, 7) is 4.72. The van der Waals surface area contributed by atoms with E-state index in [-0.39, 0.29) is 0 Å². The van der Waals surface area contributed by atoms with Gasteiger partial charge in [-0.15, -0.1) is 0 Å². The highest BCUT2D eigenvalue weighted by atomic mass is 19.1. The molecule has 1 aliphatic rings. The number of nitrogens with one attached hydrogen (secondary N) is 1. The number of aryl methyl sites for hydroxylation is 2. The molecule has 0 atom stereocenters. The summed E-state index contributed by atoms with van der Waals surface area (Å²) in [6, 6.07) is 1.89. The van der Waals surface area contributed by atoms with Crippen LogP contribution in [0.15, 0.2) is 12.3 Å². The molecule has 1 aliphatic heterocycles. The second-order valence-corrected chi connectivity index (χ2v) is 3.70. The maximum atomic E-state index is 13.8. The van der Waals surface area contributed by atoms with Crippen LogP contribution in [0.5, 0.6) is 0 Å². The van der Waals surface area contributed by atoms with Crippen LogP contribution in [0.4, 0.5) is 4.39 Å². The fraction of sp³-hybridized carbons (Fsp3) is 0.500. The number of pyridine rings is 1. The molecule has 0 amide bonds. The third-order valence-electron chi connectivity index (χ3n) is 2.67. The second kappa shape index (κ2) is 2.77. The predicted molar refractivity (Wildman–Crippen MR) is 49.4 cm³/mol. The molecule has 0 aliphatic carbocycles. The van der Waals surface area contributed by atoms with Crippen LogP contribution in [0, 0.1) is 13.8 Å². The lowest BCUT2D eigenvalue weighted by Crippen LogP contribution is -2.53. The number of hydrogen-bond acceptors (Lipinski definition) is 2. The van der Waals surface area contributed by atoms with Crippen LogP contribution in [0.25, 0.3) is 0 Å². The van der Waals surface area contributed by atoms with Crippen molar-refractivity contribution in [3.63, 3.8) is 0 Å². The fourth-order valence-corrected chi connectivity index (χ4v) is 1.44. The molecule has 2 rings (SSSR count). The second-order valence-electron chi connectivity index (χ2n) is 3.70. The Kier molecular flexibility index (Phi) is 1.84. The largest absolute Gasteiger partial charge is 0.310 e. The third-order valence-corrected chi connectivity index (χ3v) is 2.67. The minimum Gasteiger partial charge on any atom is -0.310 e. The quantitative estimate of drug-likeness (QED) is 0.707. The van der Waals surface area contributed by atoms with E-state index in [2.05, 4.69) is 10.3 Å². The zero-order chi connectivity index (χ0) is 9.47. The highest BCUT2D eigenvalue weighted by Crippen LogP contribution is 2.30. The summed E-state index contributed by atoms with van der Waals surface area (Å²) in [5, 5.41) is 2.93. The lowest BCUT2D eigenvalue weighted by Gasteiger charge is -2.35. The molecule has 0 spiro atoms. The van der Waals surface area contributed by atoms with Gasteiger partial charge in [-0.2, -0.15) is 0 Å². The first-order valence-corrected chi connectivity index (χ1v) is 4.45. The maximum absolute atomic E-state index is 13.8. The van der Waals surface area contributed by atoms with Gasteiger partial charge in [-0.3, -0.25) is 4.98 Å². The maximum Gasteiger partial charge on any atom is 0.162 e. The van der Waals surface area contributed by atoms with Gasteiger partial charge in [0.25, 0.3) is 0 Å². The number of halogens is 1. The molecule has 1 N–H and O–H groups in total. The molecule has 1 aromatic rings. The van der Waals surface area contributed by atoms with Crippen LogP contribution in [0.3, 0.4) is 0 Å². The van der Waals surface area contributed by atoms with E-state index in [1.807, 2.05) is 19.9 Å². The standard InChI is InChI=1S/C10H13FN2/c1-7-3-9(4-13-8(7)2)10(11)5-12-6-10/h3-4,12H,5-6H2,1-2H3. The number of rotatable bonds is 1. The van der Waals surface area contributed by atoms with Crippen molar-refractivity contribution in [2.75, 3.05) is 13.1 Å². The minimum atomic E-state index is -1.18. The molecule has 2 heterocycles. The zero-order valence-corrected chi connectivity index (χ0v) is 7.89. The summed E-state index contributed by atoms with van der Waals surface area (Å²) in [7, 11) is 0. The van der Waals surface area contributed by atoms with Crippen LogP contribution in [-0.2, 0) is 5.67 Å². The van der Waals surface area contributed by atoms with Gasteiger partial charge in [-0.1, -0.05) is 0 Å². The average molecular weight is 180 g/mol. The first kappa shape index (κ1) is 8.63. The highest BCUT2D eigenvalue weighted by molar-refractivity contribution is 5.29. The van der Waals surface area contributed by atoms with Gasteiger partial charge in [0.1, 0.15) is 0 Å². The summed E-state index contributed by atoms with van der Waals surface area (Å²) in [4.78, 5) is 4.16. The fourth-order valence-electron chi connectivity index (χ4n) is 1.44. The Labute approximate surface area is 77.2 Å². The van der Waals surface area contributed by atoms with Gasteiger partial charge in [0.05, 0.1) is 0 Å². The Bertz CT molecular complexity index is 332. The van der Waals surface area contributed by atoms with E-state index in [9.17, 15) is 4.39 Å². The van der Waals surface area contributed by atoms with E-state index in [0.29, 0.717) is 18.7 Å². The first-order valence-electron chi connectivity index (χ1n) is 4.45. The summed E-state index contributed by atoms with van der Waals surface area (Å²) >= 11 is 0. The van der Waals surface area contributed by atoms with E-state index >= 15 is 0 Å². The van der Waals surface area contributed by atoms with Crippen molar-refractivity contribution in [3.8, 4) is 0 Å². The Morgan fingerprint density at radius 1 is 1.46 bits per heavy atom. The highest BCUT2D eigenvalue weighted by Gasteiger charge is 2.39. The number of aromatic nitrogens is 1. The van der Waals surface area contributed by atoms with Crippen LogP contribution in [0.2, 0.25) is 0 Å². The lowest BCUT2D eigenvalue weighted by atomic mass is 9.90. The molecule has 0 radical (unpaired) electrons. The zero-order valence-electron chi connectivity index (χ0n) is 7.89. The molecule has 0 bridgehead atoms. The molecule has 1 saturated heterocycles. The number of alkyl halides is 1. The van der Waals surface area contributed by atoms with Crippen molar-refractivity contribution in [2.24, 2.45) is 0 Å². The monoisotopic (exact) mass is 180 g/mol. The van der Waals surface area contributed by atoms with Crippen LogP contribution in [-0.4, -0.2) is 18.1 Å². The van der Waals surface area contributed by atoms with Gasteiger partial charge in [0.15, 0.2) is 5.67 Å². The van der Waals surface area contributed by atoms with Gasteiger partial charge < -0.3 is 5.32 Å². The van der Waals surface area contributed by atoms with Gasteiger partial charge >= 0.3 is 0 Å². The number of hydrogen-bond donors (Lipinski definition) is 1. The first-order chi connectivity index (χ1) is 6.12. The van der Waals surface area contributed by atoms with Gasteiger partial charge in [-0.05, 0) is 25.5 Å². The van der Waals surface area contributed by atoms with E-state index in [1.165, 1.54) is 0 Å². The van der Waals surface area contributed by atoms with Crippen LogP contribution < -0.4 is 5.32 Å². The van der Waals surface area contributed by atoms with E-state index in [0.717, 1.165) is 11.3 Å². The summed E-state index contributed by atoms with van der Waals surface area (Å²) in [6.07, 6.45) is 1.64. The lowest BCUT2D eigenvalue weighted by molar-refractivity contribution is 0.0886. The third kappa shape index (κ3) is 1.33. The van der Waals surface area contributed by atoms with Crippen molar-refractivity contribution in [2.45, 2.75) is 19.5 Å². The van der Waals surface area contributed by atoms with E-state index in [1.54, 1.807) is 6.20 Å². The molecule has 13 heavy (non-hydrogen) atoms. The molecule has 1 aromatic heterocycles. The molecule has 1 fully saturated rings. The van der Waals surface area contributed by atoms with Crippen molar-refractivity contribution in [1.82, 2.24) is 10.3 Å². The predicted octanol–water partition coefficient (Wildman–Crippen LogP) is 1.47. The Morgan fingerprint density at radius 2 is 2.15 bits per heavy atom. The minimum absolute atomic E-state index is 0.414. The van der Waals surface area contributed by atoms with Gasteiger partial charge in [-0.25, -0.2) is 4.39 Å². The summed E-state index contributed by atoms with van der Waals surface area (Å²) in [5.41, 5.74) is 1.56. The molecule has 0 unspecified atom stereocenters. The Balaban J connectivity index is 2.36. The van der Waals surface area contributed by atoms with Crippen molar-refractivity contribution >= 4 is 0 Å². The van der Waals surface area contributed by atoms with E-state index < -0.39 is 5.67 Å². The summed E-state index contributed by atoms with van der Waals surface area (Å²) in [5.74, 6) is 0. The topological polar surface area (TPSA) is 24.9 Å². The van der Waals surface area contributed by atoms with E-state index in [4.69, 9.17) is 0 Å². The molecule has 0 saturated carbocycles. The van der Waals surface area contributed by atoms with Gasteiger partial charge in [0.2, 0.25) is 0 Å². The Hall–Kier alpha value is -0.960. The van der Waals surface area contributed by atoms with Gasteiger partial charge in [0, 0.05) is 30.5 Å². The summed E-state index contributed by atoms with van der Waals surface area (Å²) < 4.78 is 13.8. The average Bonchev–Trinajstić information content (AvgIpc) is 2.06. The molecule has 70 valence electrons. The van der Waals surface area contributed by atoms with Crippen molar-refractivity contribution < 1.29 is 4.39 Å². The molecule has 2 nitrogen and oxygen atoms in total. The van der Waals surface area contributed by atoms with Crippen LogP contribution in [0.1, 0.15) is 16.8 Å². The van der Waals surface area contributed by atoms with Crippen molar-refractivity contribution in [3.05, 3.63) is 29.1 Å². The molecule has 0 aromatic carbocycles. The number of nitrogens with zero attached hydrogens (tertiary/aromatic N) is 1. The molecular formula is C10H13FN2. The SMILES string of the molecule is Cc1cc(C2(F)CNC2)cnc1C. The van der Waals surface area contributed by atoms with Crippen molar-refractivity contribution in [1.29, 1.82) is 0 Å². The smallest absolute Gasteiger partial charge is 0.162 e. The normalized spacial score (nSPS) is 19.6. The molecular weight excluding hydrogens is 167 g/mol.